The summed E-state index contributed by atoms with van der Waals surface area (Å²) >= 11 is 0. The van der Waals surface area contributed by atoms with E-state index in [1.807, 2.05) is 0 Å². The minimum Gasteiger partial charge on any atom is -0.726 e. The Labute approximate surface area is 113 Å². The predicted molar refractivity (Wildman–Crippen MR) is 48.3 cm³/mol. The minimum atomic E-state index is -4.58. The molecule has 0 amide bonds. The van der Waals surface area contributed by atoms with E-state index < -0.39 is 10.4 Å². The van der Waals surface area contributed by atoms with Crippen LogP contribution in [0.5, 0.6) is 0 Å². The average Bonchev–Trinajstić information content (AvgIpc) is 2.06. The largest absolute Gasteiger partial charge is 1.00 e. The maximum absolute atomic E-state index is 10.2. The SMILES string of the molecule is CC1CO[C@@H](COS(=O)(=O)[O-])CC1C.[Na+]. The average molecular weight is 246 g/mol. The molecule has 0 spiro atoms. The van der Waals surface area contributed by atoms with E-state index in [9.17, 15) is 13.0 Å². The Bertz CT molecular complexity index is 279. The van der Waals surface area contributed by atoms with Gasteiger partial charge in [-0.2, -0.15) is 0 Å². The molecule has 0 radical (unpaired) electrons. The van der Waals surface area contributed by atoms with Crippen molar-refractivity contribution in [2.75, 3.05) is 13.2 Å². The van der Waals surface area contributed by atoms with Gasteiger partial charge in [-0.05, 0) is 18.3 Å². The first-order valence-electron chi connectivity index (χ1n) is 4.60. The van der Waals surface area contributed by atoms with Gasteiger partial charge in [-0.3, -0.25) is 4.18 Å². The fourth-order valence-corrected chi connectivity index (χ4v) is 1.76. The molecule has 1 fully saturated rings. The summed E-state index contributed by atoms with van der Waals surface area (Å²) in [6.07, 6.45) is 0.460. The van der Waals surface area contributed by atoms with Gasteiger partial charge in [-0.25, -0.2) is 8.42 Å². The normalized spacial score (nSPS) is 32.1. The molecule has 0 aromatic rings. The van der Waals surface area contributed by atoms with Crippen LogP contribution in [-0.4, -0.2) is 32.3 Å². The third-order valence-electron chi connectivity index (χ3n) is 2.60. The van der Waals surface area contributed by atoms with Crippen LogP contribution in [-0.2, 0) is 19.3 Å². The van der Waals surface area contributed by atoms with Gasteiger partial charge in [0.1, 0.15) is 0 Å². The zero-order chi connectivity index (χ0) is 10.8. The fourth-order valence-electron chi connectivity index (χ4n) is 1.44. The van der Waals surface area contributed by atoms with Gasteiger partial charge in [0.2, 0.25) is 10.4 Å². The van der Waals surface area contributed by atoms with Crippen LogP contribution < -0.4 is 29.6 Å². The first-order chi connectivity index (χ1) is 6.38. The van der Waals surface area contributed by atoms with Crippen molar-refractivity contribution in [1.82, 2.24) is 0 Å². The van der Waals surface area contributed by atoms with E-state index in [4.69, 9.17) is 4.74 Å². The zero-order valence-electron chi connectivity index (χ0n) is 9.30. The Morgan fingerprint density at radius 2 is 2.00 bits per heavy atom. The standard InChI is InChI=1S/C8H16O5S.Na/c1-6-3-8(12-4-7(6)2)5-13-14(9,10)11;/h6-8H,3-5H2,1-2H3,(H,9,10,11);/q;+1/p-1/t6?,7?,8-;/m1./s1. The quantitative estimate of drug-likeness (QED) is 0.313. The van der Waals surface area contributed by atoms with Gasteiger partial charge in [0.25, 0.3) is 0 Å². The molecular weight excluding hydrogens is 231 g/mol. The van der Waals surface area contributed by atoms with Crippen molar-refractivity contribution in [3.05, 3.63) is 0 Å². The molecule has 5 nitrogen and oxygen atoms in total. The van der Waals surface area contributed by atoms with Crippen molar-refractivity contribution in [3.63, 3.8) is 0 Å². The summed E-state index contributed by atoms with van der Waals surface area (Å²) in [5, 5.41) is 0. The Kier molecular flexibility index (Phi) is 6.90. The van der Waals surface area contributed by atoms with Crippen LogP contribution in [0.4, 0.5) is 0 Å². The fraction of sp³-hybridized carbons (Fsp3) is 1.00. The van der Waals surface area contributed by atoms with Gasteiger partial charge >= 0.3 is 29.6 Å². The van der Waals surface area contributed by atoms with Crippen LogP contribution >= 0.6 is 0 Å². The maximum Gasteiger partial charge on any atom is 1.00 e. The van der Waals surface area contributed by atoms with E-state index in [0.29, 0.717) is 18.4 Å². The second kappa shape index (κ2) is 6.54. The molecule has 2 unspecified atom stereocenters. The van der Waals surface area contributed by atoms with Crippen LogP contribution in [0, 0.1) is 11.8 Å². The summed E-state index contributed by atoms with van der Waals surface area (Å²) in [6.45, 7) is 4.58. The molecule has 1 aliphatic rings. The molecule has 0 saturated carbocycles. The monoisotopic (exact) mass is 246 g/mol. The van der Waals surface area contributed by atoms with Crippen LogP contribution in [0.2, 0.25) is 0 Å². The van der Waals surface area contributed by atoms with Gasteiger partial charge in [0.15, 0.2) is 0 Å². The van der Waals surface area contributed by atoms with Crippen molar-refractivity contribution in [1.29, 1.82) is 0 Å². The summed E-state index contributed by atoms with van der Waals surface area (Å²) in [4.78, 5) is 0. The van der Waals surface area contributed by atoms with Crippen LogP contribution in [0.3, 0.4) is 0 Å². The molecule has 1 aliphatic heterocycles. The maximum atomic E-state index is 10.2. The summed E-state index contributed by atoms with van der Waals surface area (Å²) < 4.78 is 40.0. The van der Waals surface area contributed by atoms with E-state index >= 15 is 0 Å². The molecule has 0 bridgehead atoms. The Morgan fingerprint density at radius 3 is 2.47 bits per heavy atom. The molecule has 1 saturated heterocycles. The van der Waals surface area contributed by atoms with E-state index in [1.165, 1.54) is 0 Å². The molecule has 7 heteroatoms. The molecule has 0 aromatic carbocycles. The van der Waals surface area contributed by atoms with E-state index in [1.54, 1.807) is 0 Å². The molecule has 1 rings (SSSR count). The van der Waals surface area contributed by atoms with Crippen LogP contribution in [0.1, 0.15) is 20.3 Å². The number of hydrogen-bond acceptors (Lipinski definition) is 5. The van der Waals surface area contributed by atoms with Crippen molar-refractivity contribution >= 4 is 10.4 Å². The predicted octanol–water partition coefficient (Wildman–Crippen LogP) is -2.47. The molecule has 0 N–H and O–H groups in total. The Balaban J connectivity index is 0.00000196. The van der Waals surface area contributed by atoms with Crippen molar-refractivity contribution < 1.29 is 51.4 Å². The van der Waals surface area contributed by atoms with Crippen LogP contribution in [0.15, 0.2) is 0 Å². The Morgan fingerprint density at radius 1 is 1.40 bits per heavy atom. The van der Waals surface area contributed by atoms with Gasteiger partial charge in [0, 0.05) is 6.61 Å². The van der Waals surface area contributed by atoms with Gasteiger partial charge in [0.05, 0.1) is 12.7 Å². The van der Waals surface area contributed by atoms with E-state index in [0.717, 1.165) is 6.42 Å². The molecule has 15 heavy (non-hydrogen) atoms. The molecule has 0 aliphatic carbocycles. The number of rotatable bonds is 3. The summed E-state index contributed by atoms with van der Waals surface area (Å²) in [7, 11) is -4.58. The van der Waals surface area contributed by atoms with Crippen LogP contribution in [0.25, 0.3) is 0 Å². The second-order valence-electron chi connectivity index (χ2n) is 3.84. The van der Waals surface area contributed by atoms with Gasteiger partial charge < -0.3 is 9.29 Å². The third kappa shape index (κ3) is 6.21. The smallest absolute Gasteiger partial charge is 0.726 e. The third-order valence-corrected chi connectivity index (χ3v) is 3.02. The zero-order valence-corrected chi connectivity index (χ0v) is 12.1. The molecule has 0 aromatic heterocycles. The van der Waals surface area contributed by atoms with Crippen molar-refractivity contribution in [2.24, 2.45) is 11.8 Å². The van der Waals surface area contributed by atoms with E-state index in [-0.39, 0.29) is 42.3 Å². The van der Waals surface area contributed by atoms with Gasteiger partial charge in [-0.1, -0.05) is 13.8 Å². The second-order valence-corrected chi connectivity index (χ2v) is 4.89. The molecule has 3 atom stereocenters. The summed E-state index contributed by atoms with van der Waals surface area (Å²) in [5.74, 6) is 0.932. The van der Waals surface area contributed by atoms with Crippen molar-refractivity contribution in [3.8, 4) is 0 Å². The van der Waals surface area contributed by atoms with Gasteiger partial charge in [-0.15, -0.1) is 0 Å². The Hall–Kier alpha value is 0.830. The molecular formula is C8H15NaO5S. The number of hydrogen-bond donors (Lipinski definition) is 0. The first-order valence-corrected chi connectivity index (χ1v) is 5.93. The summed E-state index contributed by atoms with van der Waals surface area (Å²) in [5.41, 5.74) is 0. The molecule has 1 heterocycles. The molecule has 84 valence electrons. The van der Waals surface area contributed by atoms with Crippen molar-refractivity contribution in [2.45, 2.75) is 26.4 Å². The topological polar surface area (TPSA) is 75.7 Å². The summed E-state index contributed by atoms with van der Waals surface area (Å²) in [6, 6.07) is 0. The van der Waals surface area contributed by atoms with E-state index in [2.05, 4.69) is 18.0 Å². The number of ether oxygens (including phenoxy) is 1. The minimum absolute atomic E-state index is 0. The first kappa shape index (κ1) is 15.8.